The molecule has 174 valence electrons. The molecule has 0 bridgehead atoms. The molecule has 1 unspecified atom stereocenters. The third-order valence-corrected chi connectivity index (χ3v) is 6.90. The van der Waals surface area contributed by atoms with Crippen LogP contribution in [-0.4, -0.2) is 33.5 Å². The molecule has 0 saturated heterocycles. The van der Waals surface area contributed by atoms with Crippen LogP contribution in [0.25, 0.3) is 0 Å². The van der Waals surface area contributed by atoms with Gasteiger partial charge in [-0.15, -0.1) is 0 Å². The number of carbonyl (C=O) groups is 1. The summed E-state index contributed by atoms with van der Waals surface area (Å²) in [5.74, 6) is 0.303. The monoisotopic (exact) mass is 466 g/mol. The average Bonchev–Trinajstić information content (AvgIpc) is 2.77. The van der Waals surface area contributed by atoms with Gasteiger partial charge in [0, 0.05) is 0 Å². The number of nitrogens with one attached hydrogen (secondary N) is 1. The van der Waals surface area contributed by atoms with E-state index in [1.54, 1.807) is 42.5 Å². The highest BCUT2D eigenvalue weighted by molar-refractivity contribution is 7.92. The number of sulfonamides is 1. The van der Waals surface area contributed by atoms with Crippen molar-refractivity contribution < 1.29 is 17.9 Å². The molecular formula is C26H30N2O4S. The number of anilines is 1. The summed E-state index contributed by atoms with van der Waals surface area (Å²) >= 11 is 0. The Bertz CT molecular complexity index is 1190. The Morgan fingerprint density at radius 3 is 2.12 bits per heavy atom. The Hall–Kier alpha value is -3.32. The molecule has 3 aromatic carbocycles. The summed E-state index contributed by atoms with van der Waals surface area (Å²) in [5, 5.41) is 2.84. The van der Waals surface area contributed by atoms with Gasteiger partial charge in [-0.25, -0.2) is 8.42 Å². The molecule has 0 spiro atoms. The lowest BCUT2D eigenvalue weighted by molar-refractivity contribution is -0.120. The number of carbonyl (C=O) groups excluding carboxylic acids is 1. The number of ether oxygens (including phenoxy) is 1. The van der Waals surface area contributed by atoms with E-state index in [0.717, 1.165) is 21.0 Å². The largest absolute Gasteiger partial charge is 0.491 e. The standard InChI is InChI=1S/C26H30N2O4S/c1-19-8-12-24(13-9-19)32-18-22(4)27-26(29)17-28(23-7-5-6-21(3)16-23)33(30,31)25-14-10-20(2)11-15-25/h5-16,22H,17-18H2,1-4H3,(H,27,29). The summed E-state index contributed by atoms with van der Waals surface area (Å²) in [7, 11) is -3.94. The molecule has 33 heavy (non-hydrogen) atoms. The van der Waals surface area contributed by atoms with Gasteiger partial charge in [0.05, 0.1) is 16.6 Å². The predicted octanol–water partition coefficient (Wildman–Crippen LogP) is 4.39. The average molecular weight is 467 g/mol. The topological polar surface area (TPSA) is 75.7 Å². The van der Waals surface area contributed by atoms with Crippen molar-refractivity contribution >= 4 is 21.6 Å². The van der Waals surface area contributed by atoms with Gasteiger partial charge in [-0.2, -0.15) is 0 Å². The molecule has 7 heteroatoms. The van der Waals surface area contributed by atoms with Gasteiger partial charge in [0.1, 0.15) is 18.9 Å². The SMILES string of the molecule is Cc1ccc(OCC(C)NC(=O)CN(c2cccc(C)c2)S(=O)(=O)c2ccc(C)cc2)cc1. The van der Waals surface area contributed by atoms with Crippen molar-refractivity contribution in [3.05, 3.63) is 89.5 Å². The van der Waals surface area contributed by atoms with E-state index in [0.29, 0.717) is 11.4 Å². The summed E-state index contributed by atoms with van der Waals surface area (Å²) < 4.78 is 33.7. The molecular weight excluding hydrogens is 436 g/mol. The van der Waals surface area contributed by atoms with Gasteiger partial charge in [-0.1, -0.05) is 47.5 Å². The minimum absolute atomic E-state index is 0.137. The summed E-state index contributed by atoms with van der Waals surface area (Å²) in [5.41, 5.74) is 3.43. The molecule has 0 aliphatic carbocycles. The molecule has 3 rings (SSSR count). The van der Waals surface area contributed by atoms with Crippen molar-refractivity contribution in [3.63, 3.8) is 0 Å². The van der Waals surface area contributed by atoms with Gasteiger partial charge in [0.2, 0.25) is 5.91 Å². The number of nitrogens with zero attached hydrogens (tertiary/aromatic N) is 1. The van der Waals surface area contributed by atoms with Crippen molar-refractivity contribution in [2.75, 3.05) is 17.5 Å². The second-order valence-corrected chi connectivity index (χ2v) is 10.1. The number of benzene rings is 3. The fraction of sp³-hybridized carbons (Fsp3) is 0.269. The van der Waals surface area contributed by atoms with Gasteiger partial charge in [0.15, 0.2) is 0 Å². The van der Waals surface area contributed by atoms with Crippen LogP contribution in [0.2, 0.25) is 0 Å². The first-order valence-corrected chi connectivity index (χ1v) is 12.2. The molecule has 0 radical (unpaired) electrons. The van der Waals surface area contributed by atoms with Crippen LogP contribution in [0.1, 0.15) is 23.6 Å². The van der Waals surface area contributed by atoms with Crippen LogP contribution in [0.3, 0.4) is 0 Å². The first-order valence-electron chi connectivity index (χ1n) is 10.8. The normalized spacial score (nSPS) is 12.1. The Kier molecular flexibility index (Phi) is 7.76. The first kappa shape index (κ1) is 24.3. The maximum absolute atomic E-state index is 13.4. The highest BCUT2D eigenvalue weighted by Crippen LogP contribution is 2.24. The number of aryl methyl sites for hydroxylation is 3. The van der Waals surface area contributed by atoms with Gasteiger partial charge in [-0.05, 0) is 69.7 Å². The lowest BCUT2D eigenvalue weighted by Gasteiger charge is -2.25. The lowest BCUT2D eigenvalue weighted by Crippen LogP contribution is -2.45. The fourth-order valence-electron chi connectivity index (χ4n) is 3.28. The van der Waals surface area contributed by atoms with Gasteiger partial charge >= 0.3 is 0 Å². The minimum atomic E-state index is -3.94. The quantitative estimate of drug-likeness (QED) is 0.507. The van der Waals surface area contributed by atoms with Gasteiger partial charge in [0.25, 0.3) is 10.0 Å². The highest BCUT2D eigenvalue weighted by atomic mass is 32.2. The fourth-order valence-corrected chi connectivity index (χ4v) is 4.70. The molecule has 0 aliphatic rings. The van der Waals surface area contributed by atoms with E-state index in [4.69, 9.17) is 4.74 Å². The second kappa shape index (κ2) is 10.5. The van der Waals surface area contributed by atoms with Crippen molar-refractivity contribution in [2.24, 2.45) is 0 Å². The number of hydrogen-bond acceptors (Lipinski definition) is 4. The molecule has 0 fully saturated rings. The van der Waals surface area contributed by atoms with Gasteiger partial charge in [-0.3, -0.25) is 9.10 Å². The zero-order valence-corrected chi connectivity index (χ0v) is 20.2. The Morgan fingerprint density at radius 2 is 1.52 bits per heavy atom. The molecule has 1 N–H and O–H groups in total. The highest BCUT2D eigenvalue weighted by Gasteiger charge is 2.27. The second-order valence-electron chi connectivity index (χ2n) is 8.26. The molecule has 1 atom stereocenters. The number of hydrogen-bond donors (Lipinski definition) is 1. The molecule has 0 aliphatic heterocycles. The predicted molar refractivity (Wildman–Crippen MR) is 131 cm³/mol. The molecule has 1 amide bonds. The van der Waals surface area contributed by atoms with Crippen LogP contribution < -0.4 is 14.4 Å². The van der Waals surface area contributed by atoms with E-state index >= 15 is 0 Å². The minimum Gasteiger partial charge on any atom is -0.491 e. The number of rotatable bonds is 9. The van der Waals surface area contributed by atoms with Crippen molar-refractivity contribution in [3.8, 4) is 5.75 Å². The van der Waals surface area contributed by atoms with E-state index < -0.39 is 15.9 Å². The summed E-state index contributed by atoms with van der Waals surface area (Å²) in [6.07, 6.45) is 0. The summed E-state index contributed by atoms with van der Waals surface area (Å²) in [6.45, 7) is 7.51. The molecule has 0 aromatic heterocycles. The maximum Gasteiger partial charge on any atom is 0.264 e. The summed E-state index contributed by atoms with van der Waals surface area (Å²) in [4.78, 5) is 13.0. The third-order valence-electron chi connectivity index (χ3n) is 5.11. The van der Waals surface area contributed by atoms with E-state index in [-0.39, 0.29) is 24.1 Å². The summed E-state index contributed by atoms with van der Waals surface area (Å²) in [6, 6.07) is 21.0. The molecule has 0 heterocycles. The smallest absolute Gasteiger partial charge is 0.264 e. The third kappa shape index (κ3) is 6.58. The van der Waals surface area contributed by atoms with E-state index in [2.05, 4.69) is 5.32 Å². The lowest BCUT2D eigenvalue weighted by atomic mass is 10.2. The Balaban J connectivity index is 1.74. The first-order chi connectivity index (χ1) is 15.6. The van der Waals surface area contributed by atoms with E-state index in [9.17, 15) is 13.2 Å². The number of amides is 1. The van der Waals surface area contributed by atoms with Crippen LogP contribution in [0, 0.1) is 20.8 Å². The van der Waals surface area contributed by atoms with E-state index in [1.807, 2.05) is 58.0 Å². The zero-order chi connectivity index (χ0) is 24.0. The van der Waals surface area contributed by atoms with Crippen LogP contribution in [0.15, 0.2) is 77.7 Å². The van der Waals surface area contributed by atoms with Crippen LogP contribution >= 0.6 is 0 Å². The van der Waals surface area contributed by atoms with Crippen molar-refractivity contribution in [1.29, 1.82) is 0 Å². The van der Waals surface area contributed by atoms with Crippen molar-refractivity contribution in [2.45, 2.75) is 38.6 Å². The zero-order valence-electron chi connectivity index (χ0n) is 19.4. The molecule has 6 nitrogen and oxygen atoms in total. The van der Waals surface area contributed by atoms with Gasteiger partial charge < -0.3 is 10.1 Å². The van der Waals surface area contributed by atoms with E-state index in [1.165, 1.54) is 0 Å². The Labute approximate surface area is 196 Å². The van der Waals surface area contributed by atoms with Crippen LogP contribution in [0.5, 0.6) is 5.75 Å². The van der Waals surface area contributed by atoms with Crippen LogP contribution in [-0.2, 0) is 14.8 Å². The van der Waals surface area contributed by atoms with Crippen molar-refractivity contribution in [1.82, 2.24) is 5.32 Å². The molecule has 0 saturated carbocycles. The Morgan fingerprint density at radius 1 is 0.909 bits per heavy atom. The maximum atomic E-state index is 13.4. The van der Waals surface area contributed by atoms with Crippen LogP contribution in [0.4, 0.5) is 5.69 Å². The molecule has 3 aromatic rings.